The predicted molar refractivity (Wildman–Crippen MR) is 105 cm³/mol. The third-order valence-electron chi connectivity index (χ3n) is 2.27. The highest BCUT2D eigenvalue weighted by atomic mass is 14.1. The molecule has 0 nitrogen and oxygen atoms in total. The lowest BCUT2D eigenvalue weighted by Gasteiger charge is -2.10. The Hall–Kier alpha value is -1.04. The minimum absolute atomic E-state index is 0.648. The van der Waals surface area contributed by atoms with Gasteiger partial charge in [0, 0.05) is 0 Å². The summed E-state index contributed by atoms with van der Waals surface area (Å²) in [6, 6.07) is 6.52. The molecular weight excluding hydrogens is 252 g/mol. The van der Waals surface area contributed by atoms with Crippen LogP contribution in [0.15, 0.2) is 30.4 Å². The Morgan fingerprint density at radius 2 is 1.19 bits per heavy atom. The Bertz CT molecular complexity index is 315. The fourth-order valence-corrected chi connectivity index (χ4v) is 1.40. The van der Waals surface area contributed by atoms with E-state index in [1.54, 1.807) is 0 Å². The first-order chi connectivity index (χ1) is 9.86. The first kappa shape index (κ1) is 28.2. The first-order valence-corrected chi connectivity index (χ1v) is 8.54. The molecular formula is C21H42. The molecule has 0 aliphatic rings. The molecule has 0 aromatic heterocycles. The van der Waals surface area contributed by atoms with Crippen LogP contribution in [0.1, 0.15) is 91.8 Å². The van der Waals surface area contributed by atoms with E-state index < -0.39 is 0 Å². The van der Waals surface area contributed by atoms with Crippen molar-refractivity contribution < 1.29 is 0 Å². The molecule has 0 spiro atoms. The van der Waals surface area contributed by atoms with Crippen molar-refractivity contribution in [1.82, 2.24) is 0 Å². The molecule has 0 aliphatic heterocycles. The summed E-state index contributed by atoms with van der Waals surface area (Å²) >= 11 is 0. The topological polar surface area (TPSA) is 0 Å². The number of allylic oxidation sites excluding steroid dienone is 1. The van der Waals surface area contributed by atoms with Gasteiger partial charge in [0.25, 0.3) is 0 Å². The van der Waals surface area contributed by atoms with Crippen LogP contribution in [0, 0.1) is 13.8 Å². The summed E-state index contributed by atoms with van der Waals surface area (Å²) in [6.45, 7) is 28.3. The third-order valence-corrected chi connectivity index (χ3v) is 2.27. The number of benzene rings is 1. The van der Waals surface area contributed by atoms with Gasteiger partial charge in [-0.05, 0) is 50.3 Å². The Balaban J connectivity index is -0.000000122. The minimum atomic E-state index is 0.648. The smallest absolute Gasteiger partial charge is 0.0216 e. The number of rotatable bonds is 1. The molecule has 1 rings (SSSR count). The van der Waals surface area contributed by atoms with E-state index in [2.05, 4.69) is 52.5 Å². The molecule has 0 N–H and O–H groups in total. The number of aryl methyl sites for hydroxylation is 1. The lowest BCUT2D eigenvalue weighted by Crippen LogP contribution is -1.93. The standard InChI is InChI=1S/C11H16.C4H8.3C2H6/c1-8(2)11-7-5-6-9(3)10(11)4;1-4(2)3;3*1-2/h5-8H,1-4H3;1H2,2-3H3;3*1-2H3. The number of hydrogen-bond donors (Lipinski definition) is 0. The molecule has 0 atom stereocenters. The van der Waals surface area contributed by atoms with Gasteiger partial charge in [-0.3, -0.25) is 0 Å². The summed E-state index contributed by atoms with van der Waals surface area (Å²) in [6.07, 6.45) is 0. The molecule has 0 bridgehead atoms. The molecule has 0 aliphatic carbocycles. The van der Waals surface area contributed by atoms with Crippen molar-refractivity contribution in [3.8, 4) is 0 Å². The van der Waals surface area contributed by atoms with Crippen LogP contribution < -0.4 is 0 Å². The van der Waals surface area contributed by atoms with E-state index in [-0.39, 0.29) is 0 Å². The fourth-order valence-electron chi connectivity index (χ4n) is 1.40. The molecule has 0 saturated heterocycles. The maximum absolute atomic E-state index is 3.56. The van der Waals surface area contributed by atoms with Crippen LogP contribution in [0.2, 0.25) is 0 Å². The van der Waals surface area contributed by atoms with Gasteiger partial charge >= 0.3 is 0 Å². The second kappa shape index (κ2) is 21.3. The van der Waals surface area contributed by atoms with Crippen molar-refractivity contribution in [2.45, 2.75) is 89.0 Å². The van der Waals surface area contributed by atoms with E-state index in [0.717, 1.165) is 0 Å². The molecule has 21 heavy (non-hydrogen) atoms. The van der Waals surface area contributed by atoms with Gasteiger partial charge in [-0.1, -0.05) is 79.2 Å². The molecule has 0 unspecified atom stereocenters. The quantitative estimate of drug-likeness (QED) is 0.459. The summed E-state index contributed by atoms with van der Waals surface area (Å²) in [5, 5.41) is 0. The van der Waals surface area contributed by atoms with Crippen LogP contribution >= 0.6 is 0 Å². The fraction of sp³-hybridized carbons (Fsp3) is 0.619. The normalized spacial score (nSPS) is 7.67. The lowest BCUT2D eigenvalue weighted by molar-refractivity contribution is 0.854. The average molecular weight is 295 g/mol. The van der Waals surface area contributed by atoms with Gasteiger partial charge in [-0.25, -0.2) is 0 Å². The second-order valence-electron chi connectivity index (χ2n) is 4.65. The highest BCUT2D eigenvalue weighted by Gasteiger charge is 2.03. The zero-order valence-corrected chi connectivity index (χ0v) is 17.0. The first-order valence-electron chi connectivity index (χ1n) is 8.54. The second-order valence-corrected chi connectivity index (χ2v) is 4.65. The maximum atomic E-state index is 3.56. The average Bonchev–Trinajstić information content (AvgIpc) is 2.47. The van der Waals surface area contributed by atoms with Crippen molar-refractivity contribution in [3.05, 3.63) is 47.0 Å². The lowest BCUT2D eigenvalue weighted by atomic mass is 9.95. The van der Waals surface area contributed by atoms with Gasteiger partial charge in [-0.15, -0.1) is 6.58 Å². The zero-order valence-electron chi connectivity index (χ0n) is 17.0. The summed E-state index contributed by atoms with van der Waals surface area (Å²) in [4.78, 5) is 0. The molecule has 1 aromatic carbocycles. The Labute approximate surface area is 136 Å². The van der Waals surface area contributed by atoms with Crippen LogP contribution in [-0.4, -0.2) is 0 Å². The van der Waals surface area contributed by atoms with Crippen molar-refractivity contribution in [3.63, 3.8) is 0 Å². The highest BCUT2D eigenvalue weighted by Crippen LogP contribution is 2.20. The molecule has 0 heteroatoms. The zero-order chi connectivity index (χ0) is 18.0. The Morgan fingerprint density at radius 1 is 0.857 bits per heavy atom. The van der Waals surface area contributed by atoms with E-state index in [0.29, 0.717) is 5.92 Å². The molecule has 126 valence electrons. The van der Waals surface area contributed by atoms with Crippen molar-refractivity contribution in [2.75, 3.05) is 0 Å². The highest BCUT2D eigenvalue weighted by molar-refractivity contribution is 5.34. The van der Waals surface area contributed by atoms with Crippen molar-refractivity contribution in [1.29, 1.82) is 0 Å². The predicted octanol–water partition coefficient (Wildman–Crippen LogP) is 8.09. The monoisotopic (exact) mass is 294 g/mol. The van der Waals surface area contributed by atoms with Crippen molar-refractivity contribution in [2.24, 2.45) is 0 Å². The van der Waals surface area contributed by atoms with Gasteiger partial charge < -0.3 is 0 Å². The van der Waals surface area contributed by atoms with Crippen LogP contribution in [0.5, 0.6) is 0 Å². The van der Waals surface area contributed by atoms with Crippen LogP contribution in [0.3, 0.4) is 0 Å². The molecule has 0 amide bonds. The summed E-state index contributed by atoms with van der Waals surface area (Å²) in [5.41, 5.74) is 5.49. The summed E-state index contributed by atoms with van der Waals surface area (Å²) in [7, 11) is 0. The van der Waals surface area contributed by atoms with Gasteiger partial charge in [0.15, 0.2) is 0 Å². The van der Waals surface area contributed by atoms with E-state index in [1.165, 1.54) is 22.3 Å². The van der Waals surface area contributed by atoms with Gasteiger partial charge in [-0.2, -0.15) is 0 Å². The van der Waals surface area contributed by atoms with Crippen LogP contribution in [-0.2, 0) is 0 Å². The van der Waals surface area contributed by atoms with Gasteiger partial charge in [0.05, 0.1) is 0 Å². The van der Waals surface area contributed by atoms with E-state index in [4.69, 9.17) is 0 Å². The van der Waals surface area contributed by atoms with Crippen LogP contribution in [0.25, 0.3) is 0 Å². The maximum Gasteiger partial charge on any atom is -0.0216 e. The van der Waals surface area contributed by atoms with E-state index in [1.807, 2.05) is 55.4 Å². The van der Waals surface area contributed by atoms with E-state index >= 15 is 0 Å². The molecule has 1 aromatic rings. The SMILES string of the molecule is C=C(C)C.CC.CC.CC.Cc1cccc(C(C)C)c1C. The Morgan fingerprint density at radius 3 is 1.43 bits per heavy atom. The van der Waals surface area contributed by atoms with Crippen molar-refractivity contribution >= 4 is 0 Å². The van der Waals surface area contributed by atoms with Crippen LogP contribution in [0.4, 0.5) is 0 Å². The van der Waals surface area contributed by atoms with Gasteiger partial charge in [0.2, 0.25) is 0 Å². The van der Waals surface area contributed by atoms with Gasteiger partial charge in [0.1, 0.15) is 0 Å². The number of hydrogen-bond acceptors (Lipinski definition) is 0. The minimum Gasteiger partial charge on any atom is -0.100 e. The molecule has 0 fully saturated rings. The summed E-state index contributed by atoms with van der Waals surface area (Å²) < 4.78 is 0. The largest absolute Gasteiger partial charge is 0.100 e. The summed E-state index contributed by atoms with van der Waals surface area (Å²) in [5.74, 6) is 0.648. The third kappa shape index (κ3) is 19.0. The van der Waals surface area contributed by atoms with E-state index in [9.17, 15) is 0 Å². The molecule has 0 heterocycles. The molecule has 0 radical (unpaired) electrons. The Kier molecular flexibility index (Phi) is 28.5. The molecule has 0 saturated carbocycles.